The number of hydrogen-bond donors (Lipinski definition) is 2. The van der Waals surface area contributed by atoms with Crippen molar-refractivity contribution < 1.29 is 19.4 Å². The van der Waals surface area contributed by atoms with Crippen LogP contribution in [0, 0.1) is 6.92 Å². The molecule has 1 aromatic rings. The SMILES string of the molecule is CCC(CC(=O)O)NC(=O)CCCOc1cccc(C)c1. The van der Waals surface area contributed by atoms with Gasteiger partial charge < -0.3 is 15.2 Å². The van der Waals surface area contributed by atoms with Gasteiger partial charge in [-0.2, -0.15) is 0 Å². The highest BCUT2D eigenvalue weighted by atomic mass is 16.5. The second-order valence-corrected chi connectivity index (χ2v) is 5.04. The molecule has 0 saturated heterocycles. The topological polar surface area (TPSA) is 75.6 Å². The number of carbonyl (C=O) groups is 2. The summed E-state index contributed by atoms with van der Waals surface area (Å²) in [6, 6.07) is 7.45. The van der Waals surface area contributed by atoms with E-state index in [1.807, 2.05) is 38.1 Å². The Bertz CT molecular complexity index is 473. The van der Waals surface area contributed by atoms with Gasteiger partial charge in [-0.3, -0.25) is 9.59 Å². The Balaban J connectivity index is 2.22. The van der Waals surface area contributed by atoms with Crippen molar-refractivity contribution in [3.05, 3.63) is 29.8 Å². The van der Waals surface area contributed by atoms with Crippen molar-refractivity contribution in [1.29, 1.82) is 0 Å². The maximum absolute atomic E-state index is 11.7. The number of carboxylic acid groups (broad SMARTS) is 1. The van der Waals surface area contributed by atoms with Crippen molar-refractivity contribution >= 4 is 11.9 Å². The lowest BCUT2D eigenvalue weighted by Crippen LogP contribution is -2.36. The number of aryl methyl sites for hydroxylation is 1. The van der Waals surface area contributed by atoms with Gasteiger partial charge in [-0.25, -0.2) is 0 Å². The molecule has 5 heteroatoms. The first-order valence-electron chi connectivity index (χ1n) is 7.22. The van der Waals surface area contributed by atoms with Crippen molar-refractivity contribution in [3.8, 4) is 5.75 Å². The summed E-state index contributed by atoms with van der Waals surface area (Å²) in [6.45, 7) is 4.31. The first-order valence-corrected chi connectivity index (χ1v) is 7.22. The van der Waals surface area contributed by atoms with E-state index in [1.54, 1.807) is 0 Å². The molecule has 0 heterocycles. The van der Waals surface area contributed by atoms with Gasteiger partial charge >= 0.3 is 5.97 Å². The van der Waals surface area contributed by atoms with Crippen molar-refractivity contribution in [3.63, 3.8) is 0 Å². The largest absolute Gasteiger partial charge is 0.494 e. The Hall–Kier alpha value is -2.04. The standard InChI is InChI=1S/C16H23NO4/c1-3-13(11-16(19)20)17-15(18)8-5-9-21-14-7-4-6-12(2)10-14/h4,6-7,10,13H,3,5,8-9,11H2,1-2H3,(H,17,18)(H,19,20). The van der Waals surface area contributed by atoms with Gasteiger partial charge in [0.25, 0.3) is 0 Å². The molecule has 1 atom stereocenters. The molecule has 0 aliphatic carbocycles. The molecule has 1 unspecified atom stereocenters. The summed E-state index contributed by atoms with van der Waals surface area (Å²) in [7, 11) is 0. The van der Waals surface area contributed by atoms with Crippen LogP contribution in [-0.4, -0.2) is 29.6 Å². The minimum atomic E-state index is -0.898. The molecule has 0 spiro atoms. The first-order chi connectivity index (χ1) is 10.0. The zero-order chi connectivity index (χ0) is 15.7. The van der Waals surface area contributed by atoms with Crippen molar-refractivity contribution in [2.75, 3.05) is 6.61 Å². The number of ether oxygens (including phenoxy) is 1. The van der Waals surface area contributed by atoms with E-state index in [1.165, 1.54) is 0 Å². The number of aliphatic carboxylic acids is 1. The minimum Gasteiger partial charge on any atom is -0.494 e. The van der Waals surface area contributed by atoms with E-state index in [0.29, 0.717) is 25.9 Å². The van der Waals surface area contributed by atoms with E-state index in [-0.39, 0.29) is 18.4 Å². The second kappa shape index (κ2) is 9.00. The van der Waals surface area contributed by atoms with Crippen LogP contribution in [0.3, 0.4) is 0 Å². The number of carboxylic acids is 1. The molecule has 2 N–H and O–H groups in total. The van der Waals surface area contributed by atoms with Crippen molar-refractivity contribution in [1.82, 2.24) is 5.32 Å². The number of rotatable bonds is 9. The summed E-state index contributed by atoms with van der Waals surface area (Å²) in [6.07, 6.45) is 1.51. The van der Waals surface area contributed by atoms with Crippen LogP contribution in [-0.2, 0) is 9.59 Å². The summed E-state index contributed by atoms with van der Waals surface area (Å²) in [4.78, 5) is 22.3. The van der Waals surface area contributed by atoms with Crippen LogP contribution in [0.15, 0.2) is 24.3 Å². The molecule has 1 rings (SSSR count). The van der Waals surface area contributed by atoms with Gasteiger partial charge in [0.15, 0.2) is 0 Å². The van der Waals surface area contributed by atoms with Crippen molar-refractivity contribution in [2.24, 2.45) is 0 Å². The number of carbonyl (C=O) groups excluding carboxylic acids is 1. The van der Waals surface area contributed by atoms with E-state index in [4.69, 9.17) is 9.84 Å². The molecule has 0 aliphatic rings. The summed E-state index contributed by atoms with van der Waals surface area (Å²) in [5, 5.41) is 11.4. The number of benzene rings is 1. The molecular weight excluding hydrogens is 270 g/mol. The molecule has 0 saturated carbocycles. The molecular formula is C16H23NO4. The van der Waals surface area contributed by atoms with Gasteiger partial charge in [-0.05, 0) is 37.5 Å². The first kappa shape index (κ1) is 17.0. The molecule has 21 heavy (non-hydrogen) atoms. The molecule has 0 aliphatic heterocycles. The maximum Gasteiger partial charge on any atom is 0.305 e. The predicted molar refractivity (Wildman–Crippen MR) is 80.4 cm³/mol. The maximum atomic E-state index is 11.7. The monoisotopic (exact) mass is 293 g/mol. The van der Waals surface area contributed by atoms with Crippen LogP contribution in [0.4, 0.5) is 0 Å². The second-order valence-electron chi connectivity index (χ2n) is 5.04. The van der Waals surface area contributed by atoms with E-state index in [2.05, 4.69) is 5.32 Å². The van der Waals surface area contributed by atoms with Gasteiger partial charge in [0.1, 0.15) is 5.75 Å². The van der Waals surface area contributed by atoms with Gasteiger partial charge in [0, 0.05) is 12.5 Å². The average molecular weight is 293 g/mol. The molecule has 0 bridgehead atoms. The van der Waals surface area contributed by atoms with E-state index >= 15 is 0 Å². The van der Waals surface area contributed by atoms with E-state index < -0.39 is 5.97 Å². The van der Waals surface area contributed by atoms with Crippen LogP contribution in [0.5, 0.6) is 5.75 Å². The van der Waals surface area contributed by atoms with Crippen LogP contribution in [0.25, 0.3) is 0 Å². The van der Waals surface area contributed by atoms with Gasteiger partial charge in [-0.15, -0.1) is 0 Å². The van der Waals surface area contributed by atoms with Crippen LogP contribution in [0.2, 0.25) is 0 Å². The summed E-state index contributed by atoms with van der Waals surface area (Å²) >= 11 is 0. The molecule has 116 valence electrons. The van der Waals surface area contributed by atoms with E-state index in [0.717, 1.165) is 11.3 Å². The lowest BCUT2D eigenvalue weighted by molar-refractivity contribution is -0.137. The summed E-state index contributed by atoms with van der Waals surface area (Å²) in [5.41, 5.74) is 1.13. The number of hydrogen-bond acceptors (Lipinski definition) is 3. The minimum absolute atomic E-state index is 0.0397. The fourth-order valence-corrected chi connectivity index (χ4v) is 1.94. The molecule has 0 aromatic heterocycles. The predicted octanol–water partition coefficient (Wildman–Crippen LogP) is 2.52. The normalized spacial score (nSPS) is 11.7. The quantitative estimate of drug-likeness (QED) is 0.686. The van der Waals surface area contributed by atoms with Gasteiger partial charge in [-0.1, -0.05) is 19.1 Å². The lowest BCUT2D eigenvalue weighted by atomic mass is 10.1. The zero-order valence-electron chi connectivity index (χ0n) is 12.6. The smallest absolute Gasteiger partial charge is 0.305 e. The van der Waals surface area contributed by atoms with Crippen LogP contribution < -0.4 is 10.1 Å². The fourth-order valence-electron chi connectivity index (χ4n) is 1.94. The molecule has 1 amide bonds. The Kier molecular flexibility index (Phi) is 7.29. The Morgan fingerprint density at radius 3 is 2.76 bits per heavy atom. The Morgan fingerprint density at radius 1 is 1.38 bits per heavy atom. The Labute approximate surface area is 125 Å². The fraction of sp³-hybridized carbons (Fsp3) is 0.500. The molecule has 0 fully saturated rings. The highest BCUT2D eigenvalue weighted by molar-refractivity contribution is 5.77. The highest BCUT2D eigenvalue weighted by Gasteiger charge is 2.13. The molecule has 0 radical (unpaired) electrons. The number of amides is 1. The summed E-state index contributed by atoms with van der Waals surface area (Å²) in [5.74, 6) is -0.228. The van der Waals surface area contributed by atoms with Crippen molar-refractivity contribution in [2.45, 2.75) is 45.6 Å². The zero-order valence-corrected chi connectivity index (χ0v) is 12.6. The molecule has 5 nitrogen and oxygen atoms in total. The third-order valence-electron chi connectivity index (χ3n) is 3.09. The summed E-state index contributed by atoms with van der Waals surface area (Å²) < 4.78 is 5.56. The van der Waals surface area contributed by atoms with Gasteiger partial charge in [0.05, 0.1) is 13.0 Å². The highest BCUT2D eigenvalue weighted by Crippen LogP contribution is 2.12. The third-order valence-corrected chi connectivity index (χ3v) is 3.09. The number of nitrogens with one attached hydrogen (secondary N) is 1. The Morgan fingerprint density at radius 2 is 2.14 bits per heavy atom. The molecule has 1 aromatic carbocycles. The average Bonchev–Trinajstić information content (AvgIpc) is 2.42. The van der Waals surface area contributed by atoms with Crippen LogP contribution >= 0.6 is 0 Å². The van der Waals surface area contributed by atoms with Crippen LogP contribution in [0.1, 0.15) is 38.2 Å². The van der Waals surface area contributed by atoms with E-state index in [9.17, 15) is 9.59 Å². The lowest BCUT2D eigenvalue weighted by Gasteiger charge is -2.14. The third kappa shape index (κ3) is 7.34. The van der Waals surface area contributed by atoms with Gasteiger partial charge in [0.2, 0.25) is 5.91 Å².